The van der Waals surface area contributed by atoms with Gasteiger partial charge >= 0.3 is 0 Å². The standard InChI is InChI=1S/C17H16N2O2S/c1-20-12-6-7-15(21-2)11(8-12)10-19-17-14(9-18)13-4-3-5-16(13)22-17/h6-8,10H,3-5H2,1-2H3. The van der Waals surface area contributed by atoms with E-state index in [2.05, 4.69) is 11.1 Å². The van der Waals surface area contributed by atoms with E-state index in [1.54, 1.807) is 31.8 Å². The van der Waals surface area contributed by atoms with E-state index in [4.69, 9.17) is 9.47 Å². The van der Waals surface area contributed by atoms with Crippen LogP contribution in [0.25, 0.3) is 0 Å². The fourth-order valence-electron chi connectivity index (χ4n) is 2.66. The van der Waals surface area contributed by atoms with Gasteiger partial charge in [-0.05, 0) is 43.0 Å². The molecule has 3 rings (SSSR count). The van der Waals surface area contributed by atoms with Crippen LogP contribution in [0.4, 0.5) is 5.00 Å². The molecule has 0 saturated carbocycles. The molecule has 0 N–H and O–H groups in total. The van der Waals surface area contributed by atoms with Crippen molar-refractivity contribution in [2.75, 3.05) is 14.2 Å². The Bertz CT molecular complexity index is 772. The Morgan fingerprint density at radius 2 is 2.14 bits per heavy atom. The van der Waals surface area contributed by atoms with Gasteiger partial charge in [0, 0.05) is 16.7 Å². The molecule has 22 heavy (non-hydrogen) atoms. The van der Waals surface area contributed by atoms with E-state index in [1.165, 1.54) is 10.4 Å². The Morgan fingerprint density at radius 3 is 2.86 bits per heavy atom. The monoisotopic (exact) mass is 312 g/mol. The smallest absolute Gasteiger partial charge is 0.134 e. The molecule has 0 bridgehead atoms. The first-order valence-corrected chi connectivity index (χ1v) is 7.89. The topological polar surface area (TPSA) is 54.6 Å². The van der Waals surface area contributed by atoms with Crippen LogP contribution >= 0.6 is 11.3 Å². The van der Waals surface area contributed by atoms with E-state index < -0.39 is 0 Å². The van der Waals surface area contributed by atoms with Crippen LogP contribution in [0.15, 0.2) is 23.2 Å². The van der Waals surface area contributed by atoms with E-state index >= 15 is 0 Å². The second-order valence-electron chi connectivity index (χ2n) is 5.02. The molecule has 112 valence electrons. The largest absolute Gasteiger partial charge is 0.497 e. The van der Waals surface area contributed by atoms with Crippen LogP contribution in [0.1, 0.15) is 28.0 Å². The molecule has 0 unspecified atom stereocenters. The SMILES string of the molecule is COc1ccc(OC)c(C=Nc2sc3c(c2C#N)CCC3)c1. The van der Waals surface area contributed by atoms with Gasteiger partial charge in [0.05, 0.1) is 19.8 Å². The van der Waals surface area contributed by atoms with Crippen molar-refractivity contribution in [2.24, 2.45) is 4.99 Å². The van der Waals surface area contributed by atoms with Gasteiger partial charge in [-0.15, -0.1) is 11.3 Å². The van der Waals surface area contributed by atoms with Gasteiger partial charge in [0.2, 0.25) is 0 Å². The minimum absolute atomic E-state index is 0.729. The summed E-state index contributed by atoms with van der Waals surface area (Å²) < 4.78 is 10.6. The van der Waals surface area contributed by atoms with Gasteiger partial charge in [-0.25, -0.2) is 4.99 Å². The number of nitriles is 1. The lowest BCUT2D eigenvalue weighted by atomic mass is 10.1. The Kier molecular flexibility index (Phi) is 4.12. The molecular weight excluding hydrogens is 296 g/mol. The Labute approximate surface area is 133 Å². The molecule has 0 fully saturated rings. The van der Waals surface area contributed by atoms with Crippen molar-refractivity contribution in [1.82, 2.24) is 0 Å². The number of methoxy groups -OCH3 is 2. The second-order valence-corrected chi connectivity index (χ2v) is 6.10. The van der Waals surface area contributed by atoms with Crippen LogP contribution in [0.3, 0.4) is 0 Å². The highest BCUT2D eigenvalue weighted by atomic mass is 32.1. The number of aryl methyl sites for hydroxylation is 1. The number of fused-ring (bicyclic) bond motifs is 1. The number of rotatable bonds is 4. The zero-order valence-corrected chi connectivity index (χ0v) is 13.4. The van der Waals surface area contributed by atoms with Crippen LogP contribution in [0.5, 0.6) is 11.5 Å². The van der Waals surface area contributed by atoms with Gasteiger partial charge in [0.25, 0.3) is 0 Å². The van der Waals surface area contributed by atoms with E-state index in [0.717, 1.165) is 46.9 Å². The first kappa shape index (κ1) is 14.6. The quantitative estimate of drug-likeness (QED) is 0.805. The lowest BCUT2D eigenvalue weighted by Crippen LogP contribution is -1.92. The molecule has 1 aromatic heterocycles. The van der Waals surface area contributed by atoms with Gasteiger partial charge in [-0.3, -0.25) is 0 Å². The average molecular weight is 312 g/mol. The summed E-state index contributed by atoms with van der Waals surface area (Å²) in [5.41, 5.74) is 2.76. The number of hydrogen-bond donors (Lipinski definition) is 0. The Balaban J connectivity index is 1.97. The molecule has 2 aromatic rings. The van der Waals surface area contributed by atoms with Crippen molar-refractivity contribution in [2.45, 2.75) is 19.3 Å². The molecule has 0 spiro atoms. The number of ether oxygens (including phenoxy) is 2. The van der Waals surface area contributed by atoms with Crippen molar-refractivity contribution in [3.8, 4) is 17.6 Å². The van der Waals surface area contributed by atoms with Crippen LogP contribution in [-0.4, -0.2) is 20.4 Å². The maximum absolute atomic E-state index is 9.39. The number of nitrogens with zero attached hydrogens (tertiary/aromatic N) is 2. The molecule has 0 radical (unpaired) electrons. The number of thiophene rings is 1. The zero-order valence-electron chi connectivity index (χ0n) is 12.5. The molecule has 5 heteroatoms. The lowest BCUT2D eigenvalue weighted by molar-refractivity contribution is 0.402. The third-order valence-corrected chi connectivity index (χ3v) is 4.97. The molecule has 1 aromatic carbocycles. The molecule has 1 heterocycles. The van der Waals surface area contributed by atoms with Crippen molar-refractivity contribution >= 4 is 22.6 Å². The molecule has 1 aliphatic carbocycles. The fourth-order valence-corrected chi connectivity index (χ4v) is 3.85. The van der Waals surface area contributed by atoms with Crippen LogP contribution in [0.2, 0.25) is 0 Å². The van der Waals surface area contributed by atoms with E-state index in [1.807, 2.05) is 18.2 Å². The second kappa shape index (κ2) is 6.20. The minimum atomic E-state index is 0.729. The van der Waals surface area contributed by atoms with Crippen LogP contribution in [-0.2, 0) is 12.8 Å². The first-order chi connectivity index (χ1) is 10.8. The average Bonchev–Trinajstić information content (AvgIpc) is 3.12. The maximum atomic E-state index is 9.39. The third kappa shape index (κ3) is 2.58. The summed E-state index contributed by atoms with van der Waals surface area (Å²) in [6.45, 7) is 0. The number of benzene rings is 1. The predicted octanol–water partition coefficient (Wildman–Crippen LogP) is 3.88. The summed E-state index contributed by atoms with van der Waals surface area (Å²) in [7, 11) is 3.25. The molecular formula is C17H16N2O2S. The summed E-state index contributed by atoms with van der Waals surface area (Å²) in [4.78, 5) is 5.84. The van der Waals surface area contributed by atoms with Gasteiger partial charge in [0.15, 0.2) is 0 Å². The van der Waals surface area contributed by atoms with E-state index in [0.29, 0.717) is 0 Å². The van der Waals surface area contributed by atoms with Gasteiger partial charge < -0.3 is 9.47 Å². The van der Waals surface area contributed by atoms with Crippen molar-refractivity contribution in [1.29, 1.82) is 5.26 Å². The first-order valence-electron chi connectivity index (χ1n) is 7.07. The Hall–Kier alpha value is -2.32. The number of hydrogen-bond acceptors (Lipinski definition) is 5. The summed E-state index contributed by atoms with van der Waals surface area (Å²) in [5.74, 6) is 1.48. The normalized spacial score (nSPS) is 13.1. The fraction of sp³-hybridized carbons (Fsp3) is 0.294. The molecule has 1 aliphatic rings. The third-order valence-electron chi connectivity index (χ3n) is 3.77. The van der Waals surface area contributed by atoms with Crippen LogP contribution in [0, 0.1) is 11.3 Å². The summed E-state index contributed by atoms with van der Waals surface area (Å²) in [6, 6.07) is 7.87. The van der Waals surface area contributed by atoms with Crippen molar-refractivity contribution < 1.29 is 9.47 Å². The predicted molar refractivity (Wildman–Crippen MR) is 87.9 cm³/mol. The van der Waals surface area contributed by atoms with Crippen LogP contribution < -0.4 is 9.47 Å². The zero-order chi connectivity index (χ0) is 15.5. The van der Waals surface area contributed by atoms with Gasteiger partial charge in [-0.2, -0.15) is 5.26 Å². The van der Waals surface area contributed by atoms with E-state index in [9.17, 15) is 5.26 Å². The minimum Gasteiger partial charge on any atom is -0.497 e. The molecule has 0 saturated heterocycles. The Morgan fingerprint density at radius 1 is 1.27 bits per heavy atom. The summed E-state index contributed by atoms with van der Waals surface area (Å²) in [6.07, 6.45) is 4.94. The molecule has 0 amide bonds. The molecule has 4 nitrogen and oxygen atoms in total. The highest BCUT2D eigenvalue weighted by Gasteiger charge is 2.21. The van der Waals surface area contributed by atoms with Gasteiger partial charge in [0.1, 0.15) is 22.6 Å². The summed E-state index contributed by atoms with van der Waals surface area (Å²) >= 11 is 1.62. The van der Waals surface area contributed by atoms with E-state index in [-0.39, 0.29) is 0 Å². The summed E-state index contributed by atoms with van der Waals surface area (Å²) in [5, 5.41) is 10.2. The number of aliphatic imine (C=N–C) groups is 1. The van der Waals surface area contributed by atoms with Gasteiger partial charge in [-0.1, -0.05) is 0 Å². The van der Waals surface area contributed by atoms with Crippen molar-refractivity contribution in [3.05, 3.63) is 39.8 Å². The lowest BCUT2D eigenvalue weighted by Gasteiger charge is -2.06. The molecule has 0 aliphatic heterocycles. The highest BCUT2D eigenvalue weighted by Crippen LogP contribution is 2.40. The highest BCUT2D eigenvalue weighted by molar-refractivity contribution is 7.16. The molecule has 0 atom stereocenters. The van der Waals surface area contributed by atoms with Crippen molar-refractivity contribution in [3.63, 3.8) is 0 Å². The maximum Gasteiger partial charge on any atom is 0.134 e.